The first-order valence-electron chi connectivity index (χ1n) is 13.9. The molecule has 2 aliphatic carbocycles. The predicted octanol–water partition coefficient (Wildman–Crippen LogP) is 10.7. The van der Waals surface area contributed by atoms with Gasteiger partial charge in [0.2, 0.25) is 0 Å². The van der Waals surface area contributed by atoms with Gasteiger partial charge in [-0.25, -0.2) is 0 Å². The molecule has 0 unspecified atom stereocenters. The minimum absolute atomic E-state index is 1.06. The van der Waals surface area contributed by atoms with Crippen molar-refractivity contribution in [1.29, 1.82) is 0 Å². The molecule has 7 aromatic carbocycles. The minimum Gasteiger partial charge on any atom is -0.256 e. The number of aromatic nitrogens is 1. The number of hydrogen-bond acceptors (Lipinski definition) is 1. The van der Waals surface area contributed by atoms with Crippen molar-refractivity contribution in [2.75, 3.05) is 0 Å². The lowest BCUT2D eigenvalue weighted by atomic mass is 9.88. The van der Waals surface area contributed by atoms with Gasteiger partial charge in [0.25, 0.3) is 0 Å². The molecule has 1 heterocycles. The molecular formula is C39H21N. The molecule has 0 radical (unpaired) electrons. The maximum Gasteiger partial charge on any atom is 0.0720 e. The number of fused-ring (bicyclic) bond motifs is 10. The lowest BCUT2D eigenvalue weighted by Gasteiger charge is -2.15. The van der Waals surface area contributed by atoms with Gasteiger partial charge < -0.3 is 0 Å². The molecule has 0 spiro atoms. The molecule has 0 saturated carbocycles. The van der Waals surface area contributed by atoms with E-state index < -0.39 is 0 Å². The average molecular weight is 504 g/mol. The Hall–Kier alpha value is -5.27. The third-order valence-corrected chi connectivity index (χ3v) is 9.17. The highest BCUT2D eigenvalue weighted by atomic mass is 14.7. The van der Waals surface area contributed by atoms with Crippen LogP contribution < -0.4 is 0 Å². The Balaban J connectivity index is 1.35. The summed E-state index contributed by atoms with van der Waals surface area (Å²) in [5, 5.41) is 9.15. The third-order valence-electron chi connectivity index (χ3n) is 9.17. The Morgan fingerprint density at radius 3 is 1.65 bits per heavy atom. The normalized spacial score (nSPS) is 12.5. The third kappa shape index (κ3) is 2.46. The molecule has 0 atom stereocenters. The van der Waals surface area contributed by atoms with Crippen LogP contribution in [-0.2, 0) is 0 Å². The highest BCUT2D eigenvalue weighted by molar-refractivity contribution is 6.29. The van der Waals surface area contributed by atoms with Crippen LogP contribution in [0.5, 0.6) is 0 Å². The monoisotopic (exact) mass is 503 g/mol. The molecule has 0 bridgehead atoms. The summed E-state index contributed by atoms with van der Waals surface area (Å²) in [6.07, 6.45) is 1.95. The zero-order valence-corrected chi connectivity index (χ0v) is 21.6. The summed E-state index contributed by atoms with van der Waals surface area (Å²) >= 11 is 0. The number of hydrogen-bond donors (Lipinski definition) is 0. The summed E-state index contributed by atoms with van der Waals surface area (Å²) in [5.74, 6) is 0. The number of nitrogens with zero attached hydrogens (tertiary/aromatic N) is 1. The first kappa shape index (κ1) is 20.7. The van der Waals surface area contributed by atoms with Gasteiger partial charge in [-0.05, 0) is 118 Å². The van der Waals surface area contributed by atoms with Crippen molar-refractivity contribution >= 4 is 43.2 Å². The molecular weight excluding hydrogens is 482 g/mol. The van der Waals surface area contributed by atoms with E-state index in [1.165, 1.54) is 93.3 Å². The van der Waals surface area contributed by atoms with Gasteiger partial charge in [0, 0.05) is 11.6 Å². The summed E-state index contributed by atoms with van der Waals surface area (Å²) in [5.41, 5.74) is 14.1. The van der Waals surface area contributed by atoms with E-state index in [4.69, 9.17) is 4.98 Å². The Bertz CT molecular complexity index is 2430. The second-order valence-electron chi connectivity index (χ2n) is 11.1. The highest BCUT2D eigenvalue weighted by Crippen LogP contribution is 2.52. The second-order valence-corrected chi connectivity index (χ2v) is 11.1. The van der Waals surface area contributed by atoms with Gasteiger partial charge in [0.1, 0.15) is 0 Å². The van der Waals surface area contributed by atoms with Crippen LogP contribution in [0.15, 0.2) is 128 Å². The number of pyridine rings is 1. The molecule has 2 aliphatic rings. The summed E-state index contributed by atoms with van der Waals surface area (Å²) in [4.78, 5) is 4.86. The fourth-order valence-electron chi connectivity index (χ4n) is 7.52. The minimum atomic E-state index is 1.06. The summed E-state index contributed by atoms with van der Waals surface area (Å²) in [7, 11) is 0. The molecule has 0 aliphatic heterocycles. The van der Waals surface area contributed by atoms with Crippen LogP contribution in [0.3, 0.4) is 0 Å². The van der Waals surface area contributed by atoms with Crippen LogP contribution in [0.4, 0.5) is 0 Å². The molecule has 1 aromatic heterocycles. The van der Waals surface area contributed by atoms with Crippen LogP contribution in [0.2, 0.25) is 0 Å². The van der Waals surface area contributed by atoms with Crippen molar-refractivity contribution in [3.05, 3.63) is 128 Å². The van der Waals surface area contributed by atoms with Crippen molar-refractivity contribution in [1.82, 2.24) is 4.98 Å². The van der Waals surface area contributed by atoms with Crippen molar-refractivity contribution in [2.24, 2.45) is 0 Å². The average Bonchev–Trinajstić information content (AvgIpc) is 3.52. The van der Waals surface area contributed by atoms with Crippen molar-refractivity contribution in [3.8, 4) is 55.6 Å². The summed E-state index contributed by atoms with van der Waals surface area (Å²) in [6.45, 7) is 0. The standard InChI is InChI=1S/C39H21N/c1-6-13-28-23(8-1)29-14-7-15-30-34-20-32(25-10-3-4-11-26(25)33(34)21-36(28)38(29)30)22-18-35-27-12-5-2-9-24(27)31-16-17-40-37(19-22)39(31)35/h1-21H. The van der Waals surface area contributed by atoms with Crippen LogP contribution >= 0.6 is 0 Å². The largest absolute Gasteiger partial charge is 0.256 e. The Labute approximate surface area is 231 Å². The maximum absolute atomic E-state index is 4.86. The van der Waals surface area contributed by atoms with E-state index in [0.29, 0.717) is 0 Å². The van der Waals surface area contributed by atoms with Gasteiger partial charge in [-0.3, -0.25) is 4.98 Å². The molecule has 8 aromatic rings. The summed E-state index contributed by atoms with van der Waals surface area (Å²) < 4.78 is 0. The van der Waals surface area contributed by atoms with Crippen molar-refractivity contribution in [3.63, 3.8) is 0 Å². The van der Waals surface area contributed by atoms with Crippen LogP contribution in [0, 0.1) is 0 Å². The van der Waals surface area contributed by atoms with E-state index in [1.807, 2.05) is 6.20 Å². The zero-order chi connectivity index (χ0) is 25.9. The molecule has 40 heavy (non-hydrogen) atoms. The number of benzene rings is 7. The lowest BCUT2D eigenvalue weighted by molar-refractivity contribution is 1.42. The molecule has 0 saturated heterocycles. The Kier molecular flexibility index (Phi) is 3.73. The van der Waals surface area contributed by atoms with Gasteiger partial charge in [-0.2, -0.15) is 0 Å². The van der Waals surface area contributed by atoms with E-state index in [1.54, 1.807) is 0 Å². The number of rotatable bonds is 1. The highest BCUT2D eigenvalue weighted by Gasteiger charge is 2.25. The summed E-state index contributed by atoms with van der Waals surface area (Å²) in [6, 6.07) is 45.0. The van der Waals surface area contributed by atoms with Gasteiger partial charge in [-0.15, -0.1) is 0 Å². The van der Waals surface area contributed by atoms with Crippen LogP contribution in [-0.4, -0.2) is 4.98 Å². The Morgan fingerprint density at radius 2 is 0.875 bits per heavy atom. The van der Waals surface area contributed by atoms with Crippen molar-refractivity contribution in [2.45, 2.75) is 0 Å². The van der Waals surface area contributed by atoms with Crippen LogP contribution in [0.25, 0.3) is 98.9 Å². The fraction of sp³-hybridized carbons (Fsp3) is 0. The van der Waals surface area contributed by atoms with E-state index in [9.17, 15) is 0 Å². The smallest absolute Gasteiger partial charge is 0.0720 e. The topological polar surface area (TPSA) is 12.9 Å². The first-order valence-corrected chi connectivity index (χ1v) is 13.9. The van der Waals surface area contributed by atoms with E-state index in [0.717, 1.165) is 5.52 Å². The first-order chi connectivity index (χ1) is 19.8. The van der Waals surface area contributed by atoms with Gasteiger partial charge >= 0.3 is 0 Å². The molecule has 182 valence electrons. The molecule has 0 fully saturated rings. The zero-order valence-electron chi connectivity index (χ0n) is 21.6. The van der Waals surface area contributed by atoms with Crippen LogP contribution in [0.1, 0.15) is 0 Å². The molecule has 0 N–H and O–H groups in total. The molecule has 1 heteroatoms. The predicted molar refractivity (Wildman–Crippen MR) is 169 cm³/mol. The van der Waals surface area contributed by atoms with E-state index in [2.05, 4.69) is 121 Å². The van der Waals surface area contributed by atoms with Crippen molar-refractivity contribution < 1.29 is 0 Å². The molecule has 1 nitrogen and oxygen atoms in total. The SMILES string of the molecule is c1ccc2c(c1)-c1ccnc3cc(-c4cc5c6cccc7c6c(cc5c5ccccc45)-c4ccccc4-7)cc-2c13. The van der Waals surface area contributed by atoms with Gasteiger partial charge in [-0.1, -0.05) is 91.0 Å². The molecule has 0 amide bonds. The Morgan fingerprint density at radius 1 is 0.325 bits per heavy atom. The lowest BCUT2D eigenvalue weighted by Crippen LogP contribution is -1.89. The van der Waals surface area contributed by atoms with Gasteiger partial charge in [0.15, 0.2) is 0 Å². The van der Waals surface area contributed by atoms with Gasteiger partial charge in [0.05, 0.1) is 5.52 Å². The fourth-order valence-corrected chi connectivity index (χ4v) is 7.52. The van der Waals surface area contributed by atoms with E-state index >= 15 is 0 Å². The maximum atomic E-state index is 4.86. The second kappa shape index (κ2) is 7.22. The van der Waals surface area contributed by atoms with E-state index in [-0.39, 0.29) is 0 Å². The molecule has 10 rings (SSSR count). The quantitative estimate of drug-likeness (QED) is 0.203.